The SMILES string of the molecule is C=CCc1ccc(O)c(-c2cccc(OC(=O)C=C)c2O)c1. The van der Waals surface area contributed by atoms with Gasteiger partial charge in [0.25, 0.3) is 0 Å². The molecule has 0 atom stereocenters. The zero-order valence-corrected chi connectivity index (χ0v) is 12.0. The topological polar surface area (TPSA) is 66.8 Å². The van der Waals surface area contributed by atoms with Crippen molar-refractivity contribution in [1.29, 1.82) is 0 Å². The van der Waals surface area contributed by atoms with Crippen molar-refractivity contribution in [2.75, 3.05) is 0 Å². The van der Waals surface area contributed by atoms with E-state index in [1.807, 2.05) is 0 Å². The molecule has 0 saturated carbocycles. The van der Waals surface area contributed by atoms with Gasteiger partial charge in [-0.1, -0.05) is 30.9 Å². The van der Waals surface area contributed by atoms with Crippen LogP contribution in [0.4, 0.5) is 0 Å². The van der Waals surface area contributed by atoms with E-state index in [9.17, 15) is 15.0 Å². The number of allylic oxidation sites excluding steroid dienone is 1. The van der Waals surface area contributed by atoms with Crippen LogP contribution in [-0.4, -0.2) is 16.2 Å². The van der Waals surface area contributed by atoms with Gasteiger partial charge >= 0.3 is 5.97 Å². The predicted molar refractivity (Wildman–Crippen MR) is 84.9 cm³/mol. The zero-order chi connectivity index (χ0) is 16.1. The normalized spacial score (nSPS) is 10.0. The maximum Gasteiger partial charge on any atom is 0.335 e. The van der Waals surface area contributed by atoms with Crippen molar-refractivity contribution in [3.63, 3.8) is 0 Å². The molecule has 112 valence electrons. The Kier molecular flexibility index (Phi) is 4.63. The maximum atomic E-state index is 11.3. The Balaban J connectivity index is 2.51. The van der Waals surface area contributed by atoms with E-state index in [2.05, 4.69) is 13.2 Å². The van der Waals surface area contributed by atoms with E-state index in [1.165, 1.54) is 6.07 Å². The molecule has 0 aliphatic heterocycles. The third kappa shape index (κ3) is 3.17. The van der Waals surface area contributed by atoms with Crippen LogP contribution in [0.2, 0.25) is 0 Å². The second-order valence-corrected chi connectivity index (χ2v) is 4.62. The molecule has 0 aromatic heterocycles. The van der Waals surface area contributed by atoms with Gasteiger partial charge in [0.05, 0.1) is 0 Å². The second-order valence-electron chi connectivity index (χ2n) is 4.62. The Bertz CT molecular complexity index is 732. The lowest BCUT2D eigenvalue weighted by Gasteiger charge is -2.11. The molecule has 0 radical (unpaired) electrons. The van der Waals surface area contributed by atoms with Crippen LogP contribution in [0.15, 0.2) is 61.7 Å². The number of hydrogen-bond acceptors (Lipinski definition) is 4. The van der Waals surface area contributed by atoms with Crippen molar-refractivity contribution in [3.05, 3.63) is 67.3 Å². The maximum absolute atomic E-state index is 11.3. The van der Waals surface area contributed by atoms with Crippen LogP contribution in [0.3, 0.4) is 0 Å². The molecule has 0 aliphatic carbocycles. The lowest BCUT2D eigenvalue weighted by molar-refractivity contribution is -0.129. The van der Waals surface area contributed by atoms with E-state index in [-0.39, 0.29) is 17.2 Å². The number of ether oxygens (including phenoxy) is 1. The number of phenols is 2. The molecular formula is C18H16O4. The Morgan fingerprint density at radius 1 is 1.14 bits per heavy atom. The molecule has 2 aromatic rings. The highest BCUT2D eigenvalue weighted by Crippen LogP contribution is 2.41. The average molecular weight is 296 g/mol. The molecule has 2 N–H and O–H groups in total. The Morgan fingerprint density at radius 2 is 1.91 bits per heavy atom. The molecule has 0 saturated heterocycles. The van der Waals surface area contributed by atoms with Crippen molar-refractivity contribution < 1.29 is 19.7 Å². The molecule has 4 heteroatoms. The summed E-state index contributed by atoms with van der Waals surface area (Å²) < 4.78 is 4.97. The second kappa shape index (κ2) is 6.63. The predicted octanol–water partition coefficient (Wildman–Crippen LogP) is 3.58. The van der Waals surface area contributed by atoms with E-state index >= 15 is 0 Å². The summed E-state index contributed by atoms with van der Waals surface area (Å²) >= 11 is 0. The number of aromatic hydroxyl groups is 2. The summed E-state index contributed by atoms with van der Waals surface area (Å²) in [6, 6.07) is 9.80. The zero-order valence-electron chi connectivity index (χ0n) is 12.0. The van der Waals surface area contributed by atoms with Crippen LogP contribution in [0.25, 0.3) is 11.1 Å². The van der Waals surface area contributed by atoms with Gasteiger partial charge in [-0.25, -0.2) is 4.79 Å². The monoisotopic (exact) mass is 296 g/mol. The molecule has 2 rings (SSSR count). The van der Waals surface area contributed by atoms with Gasteiger partial charge < -0.3 is 14.9 Å². The van der Waals surface area contributed by atoms with Crippen LogP contribution in [-0.2, 0) is 11.2 Å². The lowest BCUT2D eigenvalue weighted by Crippen LogP contribution is -2.03. The van der Waals surface area contributed by atoms with Crippen molar-refractivity contribution in [3.8, 4) is 28.4 Å². The highest BCUT2D eigenvalue weighted by atomic mass is 16.5. The van der Waals surface area contributed by atoms with Gasteiger partial charge in [-0.3, -0.25) is 0 Å². The Morgan fingerprint density at radius 3 is 2.59 bits per heavy atom. The molecule has 0 fully saturated rings. The number of esters is 1. The first-order valence-corrected chi connectivity index (χ1v) is 6.66. The van der Waals surface area contributed by atoms with Crippen molar-refractivity contribution in [1.82, 2.24) is 0 Å². The minimum Gasteiger partial charge on any atom is -0.507 e. The first-order valence-electron chi connectivity index (χ1n) is 6.66. The standard InChI is InChI=1S/C18H16O4/c1-3-6-12-9-10-15(19)14(11-12)13-7-5-8-16(18(13)21)22-17(20)4-2/h3-5,7-11,19,21H,1-2,6H2. The number of benzene rings is 2. The van der Waals surface area contributed by atoms with E-state index in [4.69, 9.17) is 4.74 Å². The number of phenolic OH excluding ortho intramolecular Hbond substituents is 2. The molecule has 0 spiro atoms. The minimum atomic E-state index is -0.669. The van der Waals surface area contributed by atoms with Crippen LogP contribution in [0, 0.1) is 0 Å². The summed E-state index contributed by atoms with van der Waals surface area (Å²) in [5, 5.41) is 20.3. The Labute approximate surface area is 128 Å². The van der Waals surface area contributed by atoms with E-state index in [0.29, 0.717) is 17.5 Å². The van der Waals surface area contributed by atoms with Crippen molar-refractivity contribution >= 4 is 5.97 Å². The van der Waals surface area contributed by atoms with Gasteiger partial charge in [0.15, 0.2) is 11.5 Å². The van der Waals surface area contributed by atoms with Gasteiger partial charge in [0.1, 0.15) is 5.75 Å². The summed E-state index contributed by atoms with van der Waals surface area (Å²) in [6.45, 7) is 6.98. The highest BCUT2D eigenvalue weighted by Gasteiger charge is 2.15. The fourth-order valence-corrected chi connectivity index (χ4v) is 2.06. The number of carbonyl (C=O) groups is 1. The van der Waals surface area contributed by atoms with Crippen LogP contribution in [0.1, 0.15) is 5.56 Å². The fourth-order valence-electron chi connectivity index (χ4n) is 2.06. The summed E-state index contributed by atoms with van der Waals surface area (Å²) in [4.78, 5) is 11.3. The van der Waals surface area contributed by atoms with Gasteiger partial charge in [-0.2, -0.15) is 0 Å². The van der Waals surface area contributed by atoms with Crippen LogP contribution >= 0.6 is 0 Å². The Hall–Kier alpha value is -3.01. The molecule has 2 aromatic carbocycles. The van der Waals surface area contributed by atoms with Crippen molar-refractivity contribution in [2.24, 2.45) is 0 Å². The molecule has 0 amide bonds. The van der Waals surface area contributed by atoms with E-state index in [0.717, 1.165) is 11.6 Å². The number of hydrogen-bond donors (Lipinski definition) is 2. The average Bonchev–Trinajstić information content (AvgIpc) is 2.51. The molecule has 0 unspecified atom stereocenters. The van der Waals surface area contributed by atoms with Crippen molar-refractivity contribution in [2.45, 2.75) is 6.42 Å². The largest absolute Gasteiger partial charge is 0.507 e. The van der Waals surface area contributed by atoms with Crippen LogP contribution < -0.4 is 4.74 Å². The molecule has 0 heterocycles. The smallest absolute Gasteiger partial charge is 0.335 e. The molecule has 0 aliphatic rings. The molecule has 22 heavy (non-hydrogen) atoms. The molecule has 0 bridgehead atoms. The summed E-state index contributed by atoms with van der Waals surface area (Å²) in [5.41, 5.74) is 1.77. The van der Waals surface area contributed by atoms with Gasteiger partial charge in [0.2, 0.25) is 0 Å². The first-order chi connectivity index (χ1) is 10.6. The van der Waals surface area contributed by atoms with E-state index in [1.54, 1.807) is 36.4 Å². The first kappa shape index (κ1) is 15.4. The lowest BCUT2D eigenvalue weighted by atomic mass is 9.99. The van der Waals surface area contributed by atoms with E-state index < -0.39 is 5.97 Å². The summed E-state index contributed by atoms with van der Waals surface area (Å²) in [5.74, 6) is -0.855. The third-order valence-electron chi connectivity index (χ3n) is 3.11. The number of para-hydroxylation sites is 1. The third-order valence-corrected chi connectivity index (χ3v) is 3.11. The summed E-state index contributed by atoms with van der Waals surface area (Å²) in [7, 11) is 0. The molecule has 4 nitrogen and oxygen atoms in total. The van der Waals surface area contributed by atoms with Crippen LogP contribution in [0.5, 0.6) is 17.2 Å². The highest BCUT2D eigenvalue weighted by molar-refractivity contribution is 5.85. The molecular weight excluding hydrogens is 280 g/mol. The summed E-state index contributed by atoms with van der Waals surface area (Å²) in [6.07, 6.45) is 3.39. The van der Waals surface area contributed by atoms with Gasteiger partial charge in [-0.05, 0) is 30.2 Å². The number of carbonyl (C=O) groups excluding carboxylic acids is 1. The minimum absolute atomic E-state index is 0.0101. The van der Waals surface area contributed by atoms with Gasteiger partial charge in [-0.15, -0.1) is 6.58 Å². The quantitative estimate of drug-likeness (QED) is 0.383. The fraction of sp³-hybridized carbons (Fsp3) is 0.0556. The number of rotatable bonds is 5. The van der Waals surface area contributed by atoms with Gasteiger partial charge in [0, 0.05) is 17.2 Å².